The maximum Gasteiger partial charge on any atom is 0.262 e. The molecule has 5 rings (SSSR count). The van der Waals surface area contributed by atoms with Crippen molar-refractivity contribution >= 4 is 16.7 Å². The Labute approximate surface area is 160 Å². The number of fused-ring (bicyclic) bond motifs is 3. The second-order valence-corrected chi connectivity index (χ2v) is 7.32. The van der Waals surface area contributed by atoms with Gasteiger partial charge in [0.05, 0.1) is 17.4 Å². The molecule has 0 N–H and O–H groups in total. The topological polar surface area (TPSA) is 55.4 Å². The van der Waals surface area contributed by atoms with Gasteiger partial charge < -0.3 is 0 Å². The quantitative estimate of drug-likeness (QED) is 0.551. The van der Waals surface area contributed by atoms with Gasteiger partial charge in [0.1, 0.15) is 5.82 Å². The predicted molar refractivity (Wildman–Crippen MR) is 105 cm³/mol. The third kappa shape index (κ3) is 2.62. The number of aryl methyl sites for hydroxylation is 1. The van der Waals surface area contributed by atoms with E-state index >= 15 is 0 Å². The van der Waals surface area contributed by atoms with E-state index in [9.17, 15) is 9.18 Å². The van der Waals surface area contributed by atoms with Crippen molar-refractivity contribution < 1.29 is 4.39 Å². The van der Waals surface area contributed by atoms with Crippen LogP contribution in [0.1, 0.15) is 30.3 Å². The minimum Gasteiger partial charge on any atom is -0.289 e. The molecule has 28 heavy (non-hydrogen) atoms. The summed E-state index contributed by atoms with van der Waals surface area (Å²) < 4.78 is 17.2. The van der Waals surface area contributed by atoms with Crippen LogP contribution >= 0.6 is 0 Å². The molecule has 3 heterocycles. The average molecular weight is 377 g/mol. The van der Waals surface area contributed by atoms with Crippen LogP contribution in [-0.2, 0) is 13.6 Å². The van der Waals surface area contributed by atoms with Gasteiger partial charge in [-0.15, -0.1) is 10.2 Å². The van der Waals surface area contributed by atoms with Gasteiger partial charge in [0.15, 0.2) is 5.82 Å². The molecule has 0 spiro atoms. The van der Waals surface area contributed by atoms with Crippen molar-refractivity contribution in [3.63, 3.8) is 0 Å². The van der Waals surface area contributed by atoms with Gasteiger partial charge >= 0.3 is 0 Å². The lowest BCUT2D eigenvalue weighted by molar-refractivity contribution is 0.241. The molecule has 142 valence electrons. The Hall–Kier alpha value is -3.06. The van der Waals surface area contributed by atoms with Crippen LogP contribution < -0.4 is 5.56 Å². The van der Waals surface area contributed by atoms with E-state index in [-0.39, 0.29) is 17.4 Å². The van der Waals surface area contributed by atoms with Gasteiger partial charge in [-0.05, 0) is 49.2 Å². The number of para-hydroxylation sites is 1. The van der Waals surface area contributed by atoms with Crippen molar-refractivity contribution in [1.82, 2.24) is 24.1 Å². The van der Waals surface area contributed by atoms with E-state index in [4.69, 9.17) is 0 Å². The fourth-order valence-corrected chi connectivity index (χ4v) is 4.28. The highest BCUT2D eigenvalue weighted by Crippen LogP contribution is 2.33. The zero-order chi connectivity index (χ0) is 19.3. The molecule has 2 aromatic heterocycles. The first-order valence-electron chi connectivity index (χ1n) is 9.45. The molecule has 2 aromatic carbocycles. The minimum atomic E-state index is -0.210. The molecule has 0 saturated carbocycles. The van der Waals surface area contributed by atoms with Gasteiger partial charge in [0.25, 0.3) is 5.56 Å². The highest BCUT2D eigenvalue weighted by atomic mass is 19.1. The maximum absolute atomic E-state index is 13.7. The van der Waals surface area contributed by atoms with Gasteiger partial charge in [-0.25, -0.2) is 4.39 Å². The summed E-state index contributed by atoms with van der Waals surface area (Å²) in [7, 11) is 1.72. The molecule has 1 aliphatic rings. The molecule has 7 heteroatoms. The monoisotopic (exact) mass is 377 g/mol. The number of hydrogen-bond acceptors (Lipinski definition) is 4. The standard InChI is InChI=1S/C21H20FN5O/c1-25-20(28)16-8-2-3-9-18(16)27-19(23-24-21(25)27)13-26-11-5-10-17(26)14-6-4-7-15(22)12-14/h2-4,6-9,12,17H,5,10-11,13H2,1H3. The van der Waals surface area contributed by atoms with Crippen LogP contribution in [0.5, 0.6) is 0 Å². The Balaban J connectivity index is 1.60. The van der Waals surface area contributed by atoms with E-state index in [0.29, 0.717) is 17.7 Å². The molecule has 1 unspecified atom stereocenters. The van der Waals surface area contributed by atoms with E-state index in [0.717, 1.165) is 36.3 Å². The molecule has 6 nitrogen and oxygen atoms in total. The second kappa shape index (κ2) is 6.53. The van der Waals surface area contributed by atoms with E-state index in [1.165, 1.54) is 10.6 Å². The maximum atomic E-state index is 13.7. The first-order chi connectivity index (χ1) is 13.6. The summed E-state index contributed by atoms with van der Waals surface area (Å²) in [6.07, 6.45) is 2.04. The van der Waals surface area contributed by atoms with Gasteiger partial charge in [-0.2, -0.15) is 0 Å². The van der Waals surface area contributed by atoms with Crippen molar-refractivity contribution in [2.45, 2.75) is 25.4 Å². The summed E-state index contributed by atoms with van der Waals surface area (Å²) in [5, 5.41) is 9.31. The smallest absolute Gasteiger partial charge is 0.262 e. The summed E-state index contributed by atoms with van der Waals surface area (Å²) in [5.41, 5.74) is 1.71. The van der Waals surface area contributed by atoms with Crippen molar-refractivity contribution in [2.24, 2.45) is 7.05 Å². The average Bonchev–Trinajstić information content (AvgIpc) is 3.34. The summed E-state index contributed by atoms with van der Waals surface area (Å²) in [6, 6.07) is 14.5. The van der Waals surface area contributed by atoms with Crippen LogP contribution in [0, 0.1) is 5.82 Å². The van der Waals surface area contributed by atoms with Gasteiger partial charge in [-0.3, -0.25) is 18.7 Å². The number of aromatic nitrogens is 4. The lowest BCUT2D eigenvalue weighted by atomic mass is 10.0. The lowest BCUT2D eigenvalue weighted by Gasteiger charge is -2.24. The molecule has 0 aliphatic carbocycles. The highest BCUT2D eigenvalue weighted by molar-refractivity contribution is 5.80. The molecule has 1 aliphatic heterocycles. The third-order valence-electron chi connectivity index (χ3n) is 5.63. The summed E-state index contributed by atoms with van der Waals surface area (Å²) in [6.45, 7) is 1.50. The zero-order valence-corrected chi connectivity index (χ0v) is 15.5. The van der Waals surface area contributed by atoms with Gasteiger partial charge in [0, 0.05) is 13.1 Å². The summed E-state index contributed by atoms with van der Waals surface area (Å²) in [5.74, 6) is 1.10. The molecule has 0 radical (unpaired) electrons. The summed E-state index contributed by atoms with van der Waals surface area (Å²) in [4.78, 5) is 14.9. The number of hydrogen-bond donors (Lipinski definition) is 0. The lowest BCUT2D eigenvalue weighted by Crippen LogP contribution is -2.25. The number of halogens is 1. The Morgan fingerprint density at radius 1 is 1.14 bits per heavy atom. The Morgan fingerprint density at radius 3 is 2.86 bits per heavy atom. The first kappa shape index (κ1) is 17.1. The molecular formula is C21H20FN5O. The fourth-order valence-electron chi connectivity index (χ4n) is 4.28. The molecular weight excluding hydrogens is 357 g/mol. The Morgan fingerprint density at radius 2 is 2.00 bits per heavy atom. The van der Waals surface area contributed by atoms with E-state index in [1.54, 1.807) is 19.2 Å². The predicted octanol–water partition coefficient (Wildman–Crippen LogP) is 3.06. The Kier molecular flexibility index (Phi) is 3.98. The van der Waals surface area contributed by atoms with E-state index < -0.39 is 0 Å². The largest absolute Gasteiger partial charge is 0.289 e. The number of nitrogens with zero attached hydrogens (tertiary/aromatic N) is 5. The zero-order valence-electron chi connectivity index (χ0n) is 15.5. The number of benzene rings is 2. The van der Waals surface area contributed by atoms with Crippen LogP contribution in [0.2, 0.25) is 0 Å². The highest BCUT2D eigenvalue weighted by Gasteiger charge is 2.28. The minimum absolute atomic E-state index is 0.0825. The molecule has 1 fully saturated rings. The van der Waals surface area contributed by atoms with Crippen LogP contribution in [0.4, 0.5) is 4.39 Å². The van der Waals surface area contributed by atoms with Gasteiger partial charge in [0.2, 0.25) is 5.78 Å². The van der Waals surface area contributed by atoms with Crippen molar-refractivity contribution in [2.75, 3.05) is 6.54 Å². The number of likely N-dealkylation sites (tertiary alicyclic amines) is 1. The van der Waals surface area contributed by atoms with Crippen molar-refractivity contribution in [1.29, 1.82) is 0 Å². The van der Waals surface area contributed by atoms with Gasteiger partial charge in [-0.1, -0.05) is 24.3 Å². The SMILES string of the molecule is Cn1c(=O)c2ccccc2n2c(CN3CCCC3c3cccc(F)c3)nnc12. The van der Waals surface area contributed by atoms with Crippen molar-refractivity contribution in [3.8, 4) is 0 Å². The van der Waals surface area contributed by atoms with Crippen LogP contribution in [0.15, 0.2) is 53.3 Å². The molecule has 1 saturated heterocycles. The molecule has 1 atom stereocenters. The van der Waals surface area contributed by atoms with E-state index in [1.807, 2.05) is 34.7 Å². The third-order valence-corrected chi connectivity index (χ3v) is 5.63. The van der Waals surface area contributed by atoms with Crippen LogP contribution in [0.3, 0.4) is 0 Å². The van der Waals surface area contributed by atoms with Crippen LogP contribution in [-0.4, -0.2) is 30.6 Å². The van der Waals surface area contributed by atoms with Crippen molar-refractivity contribution in [3.05, 3.63) is 76.1 Å². The molecule has 0 amide bonds. The number of rotatable bonds is 3. The first-order valence-corrected chi connectivity index (χ1v) is 9.45. The second-order valence-electron chi connectivity index (χ2n) is 7.32. The normalized spacial score (nSPS) is 17.7. The summed E-state index contributed by atoms with van der Waals surface area (Å²) >= 11 is 0. The molecule has 4 aromatic rings. The fraction of sp³-hybridized carbons (Fsp3) is 0.286. The molecule has 0 bridgehead atoms. The van der Waals surface area contributed by atoms with Crippen LogP contribution in [0.25, 0.3) is 16.7 Å². The Bertz CT molecular complexity index is 1240. The van der Waals surface area contributed by atoms with E-state index in [2.05, 4.69) is 15.1 Å².